The van der Waals surface area contributed by atoms with E-state index in [9.17, 15) is 4.79 Å². The summed E-state index contributed by atoms with van der Waals surface area (Å²) >= 11 is 0. The number of rotatable bonds is 7. The number of ether oxygens (including phenoxy) is 2. The molecule has 20 heavy (non-hydrogen) atoms. The van der Waals surface area contributed by atoms with Gasteiger partial charge in [-0.1, -0.05) is 18.2 Å². The molecule has 0 aliphatic carbocycles. The van der Waals surface area contributed by atoms with Crippen LogP contribution >= 0.6 is 0 Å². The normalized spacial score (nSPS) is 10.6. The molecule has 0 N–H and O–H groups in total. The Balaban J connectivity index is 2.75. The molecule has 1 rings (SSSR count). The van der Waals surface area contributed by atoms with Crippen LogP contribution in [-0.2, 0) is 4.79 Å². The van der Waals surface area contributed by atoms with E-state index in [-0.39, 0.29) is 12.5 Å². The number of allylic oxidation sites excluding steroid dienone is 1. The number of carbonyl (C=O) groups excluding carboxylic acids is 1. The molecule has 0 saturated heterocycles. The first-order valence-corrected chi connectivity index (χ1v) is 6.87. The van der Waals surface area contributed by atoms with E-state index in [4.69, 9.17) is 9.47 Å². The van der Waals surface area contributed by atoms with Gasteiger partial charge in [-0.05, 0) is 38.5 Å². The van der Waals surface area contributed by atoms with E-state index < -0.39 is 0 Å². The highest BCUT2D eigenvalue weighted by Crippen LogP contribution is 2.28. The van der Waals surface area contributed by atoms with Gasteiger partial charge in [0.05, 0.1) is 7.11 Å². The number of hydrogen-bond acceptors (Lipinski definition) is 3. The third kappa shape index (κ3) is 4.30. The molecule has 110 valence electrons. The molecule has 4 nitrogen and oxygen atoms in total. The van der Waals surface area contributed by atoms with Crippen molar-refractivity contribution in [3.05, 3.63) is 29.8 Å². The predicted molar refractivity (Wildman–Crippen MR) is 81.1 cm³/mol. The Morgan fingerprint density at radius 2 is 1.95 bits per heavy atom. The molecule has 4 heteroatoms. The summed E-state index contributed by atoms with van der Waals surface area (Å²) in [7, 11) is 1.59. The van der Waals surface area contributed by atoms with Crippen molar-refractivity contribution in [2.45, 2.75) is 20.8 Å². The molecule has 0 spiro atoms. The zero-order valence-electron chi connectivity index (χ0n) is 12.7. The lowest BCUT2D eigenvalue weighted by molar-refractivity contribution is -0.132. The van der Waals surface area contributed by atoms with Crippen LogP contribution in [0.2, 0.25) is 0 Å². The number of nitrogens with zero attached hydrogens (tertiary/aromatic N) is 1. The van der Waals surface area contributed by atoms with Crippen LogP contribution in [-0.4, -0.2) is 37.6 Å². The quantitative estimate of drug-likeness (QED) is 0.769. The summed E-state index contributed by atoms with van der Waals surface area (Å²) < 4.78 is 10.9. The summed E-state index contributed by atoms with van der Waals surface area (Å²) in [6.45, 7) is 7.27. The lowest BCUT2D eigenvalue weighted by Crippen LogP contribution is -2.34. The van der Waals surface area contributed by atoms with Crippen molar-refractivity contribution < 1.29 is 14.3 Å². The van der Waals surface area contributed by atoms with E-state index in [1.165, 1.54) is 0 Å². The van der Waals surface area contributed by atoms with Gasteiger partial charge in [-0.25, -0.2) is 0 Å². The molecule has 0 atom stereocenters. The lowest BCUT2D eigenvalue weighted by Gasteiger charge is -2.19. The molecule has 0 fully saturated rings. The Hall–Kier alpha value is -1.97. The van der Waals surface area contributed by atoms with Gasteiger partial charge in [0.1, 0.15) is 0 Å². The molecular formula is C16H23NO3. The SMILES string of the molecule is CC=Cc1ccc(OCC(=O)N(CC)CC)c(OC)c1. The average molecular weight is 277 g/mol. The van der Waals surface area contributed by atoms with Gasteiger partial charge in [0.15, 0.2) is 18.1 Å². The van der Waals surface area contributed by atoms with Crippen LogP contribution < -0.4 is 9.47 Å². The second-order valence-corrected chi connectivity index (χ2v) is 4.27. The Labute approximate surface area is 121 Å². The fourth-order valence-corrected chi connectivity index (χ4v) is 1.91. The first-order valence-electron chi connectivity index (χ1n) is 6.87. The zero-order valence-corrected chi connectivity index (χ0v) is 12.7. The van der Waals surface area contributed by atoms with E-state index >= 15 is 0 Å². The maximum absolute atomic E-state index is 11.9. The van der Waals surface area contributed by atoms with Crippen molar-refractivity contribution in [3.8, 4) is 11.5 Å². The van der Waals surface area contributed by atoms with Gasteiger partial charge in [0.25, 0.3) is 5.91 Å². The molecule has 1 amide bonds. The van der Waals surface area contributed by atoms with Crippen LogP contribution in [0.1, 0.15) is 26.3 Å². The van der Waals surface area contributed by atoms with Crippen molar-refractivity contribution in [1.82, 2.24) is 4.90 Å². The number of carbonyl (C=O) groups is 1. The van der Waals surface area contributed by atoms with Crippen molar-refractivity contribution >= 4 is 12.0 Å². The Morgan fingerprint density at radius 1 is 1.25 bits per heavy atom. The highest BCUT2D eigenvalue weighted by Gasteiger charge is 2.12. The monoisotopic (exact) mass is 277 g/mol. The molecule has 0 saturated carbocycles. The van der Waals surface area contributed by atoms with Crippen LogP contribution in [0.25, 0.3) is 6.08 Å². The topological polar surface area (TPSA) is 38.8 Å². The lowest BCUT2D eigenvalue weighted by atomic mass is 10.2. The summed E-state index contributed by atoms with van der Waals surface area (Å²) in [5.41, 5.74) is 1.03. The van der Waals surface area contributed by atoms with E-state index in [1.807, 2.05) is 51.1 Å². The molecule has 0 aromatic heterocycles. The Morgan fingerprint density at radius 3 is 2.50 bits per heavy atom. The number of benzene rings is 1. The molecule has 0 radical (unpaired) electrons. The van der Waals surface area contributed by atoms with Crippen molar-refractivity contribution in [1.29, 1.82) is 0 Å². The standard InChI is InChI=1S/C16H23NO3/c1-5-8-13-9-10-14(15(11-13)19-4)20-12-16(18)17(6-2)7-3/h5,8-11H,6-7,12H2,1-4H3. The molecule has 0 unspecified atom stereocenters. The summed E-state index contributed by atoms with van der Waals surface area (Å²) in [6, 6.07) is 5.64. The fourth-order valence-electron chi connectivity index (χ4n) is 1.91. The van der Waals surface area contributed by atoms with Gasteiger partial charge >= 0.3 is 0 Å². The van der Waals surface area contributed by atoms with E-state index in [0.29, 0.717) is 24.6 Å². The number of methoxy groups -OCH3 is 1. The molecule has 0 aliphatic heterocycles. The van der Waals surface area contributed by atoms with Crippen LogP contribution in [0.15, 0.2) is 24.3 Å². The van der Waals surface area contributed by atoms with Gasteiger partial charge < -0.3 is 14.4 Å². The van der Waals surface area contributed by atoms with Crippen LogP contribution in [0.5, 0.6) is 11.5 Å². The molecule has 1 aromatic rings. The second-order valence-electron chi connectivity index (χ2n) is 4.27. The number of likely N-dealkylation sites (N-methyl/N-ethyl adjacent to an activating group) is 1. The van der Waals surface area contributed by atoms with Gasteiger partial charge in [0.2, 0.25) is 0 Å². The second kappa shape index (κ2) is 8.25. The Bertz CT molecular complexity index is 465. The number of hydrogen-bond donors (Lipinski definition) is 0. The maximum atomic E-state index is 11.9. The first-order chi connectivity index (χ1) is 9.65. The molecular weight excluding hydrogens is 254 g/mol. The minimum atomic E-state index is -0.0189. The number of amides is 1. The predicted octanol–water partition coefficient (Wildman–Crippen LogP) is 2.98. The zero-order chi connectivity index (χ0) is 15.0. The smallest absolute Gasteiger partial charge is 0.260 e. The van der Waals surface area contributed by atoms with Crippen molar-refractivity contribution in [3.63, 3.8) is 0 Å². The Kier molecular flexibility index (Phi) is 6.64. The first kappa shape index (κ1) is 16.1. The van der Waals surface area contributed by atoms with Gasteiger partial charge in [-0.3, -0.25) is 4.79 Å². The van der Waals surface area contributed by atoms with E-state index in [2.05, 4.69) is 0 Å². The van der Waals surface area contributed by atoms with Crippen LogP contribution in [0, 0.1) is 0 Å². The molecule has 0 aliphatic rings. The van der Waals surface area contributed by atoms with E-state index in [1.54, 1.807) is 12.0 Å². The largest absolute Gasteiger partial charge is 0.493 e. The fraction of sp³-hybridized carbons (Fsp3) is 0.438. The third-order valence-electron chi connectivity index (χ3n) is 3.01. The minimum Gasteiger partial charge on any atom is -0.493 e. The molecule has 0 heterocycles. The molecule has 1 aromatic carbocycles. The average Bonchev–Trinajstić information content (AvgIpc) is 2.47. The van der Waals surface area contributed by atoms with Gasteiger partial charge in [-0.15, -0.1) is 0 Å². The van der Waals surface area contributed by atoms with Crippen LogP contribution in [0.4, 0.5) is 0 Å². The van der Waals surface area contributed by atoms with Gasteiger partial charge in [0, 0.05) is 13.1 Å². The summed E-state index contributed by atoms with van der Waals surface area (Å²) in [4.78, 5) is 13.6. The van der Waals surface area contributed by atoms with E-state index in [0.717, 1.165) is 5.56 Å². The highest BCUT2D eigenvalue weighted by molar-refractivity contribution is 5.77. The highest BCUT2D eigenvalue weighted by atomic mass is 16.5. The minimum absolute atomic E-state index is 0.0189. The maximum Gasteiger partial charge on any atom is 0.260 e. The van der Waals surface area contributed by atoms with Crippen LogP contribution in [0.3, 0.4) is 0 Å². The van der Waals surface area contributed by atoms with Crippen molar-refractivity contribution in [2.24, 2.45) is 0 Å². The summed E-state index contributed by atoms with van der Waals surface area (Å²) in [5, 5.41) is 0. The third-order valence-corrected chi connectivity index (χ3v) is 3.01. The van der Waals surface area contributed by atoms with Crippen molar-refractivity contribution in [2.75, 3.05) is 26.8 Å². The van der Waals surface area contributed by atoms with Gasteiger partial charge in [-0.2, -0.15) is 0 Å². The molecule has 0 bridgehead atoms. The summed E-state index contributed by atoms with van der Waals surface area (Å²) in [6.07, 6.45) is 3.94. The summed E-state index contributed by atoms with van der Waals surface area (Å²) in [5.74, 6) is 1.20.